The van der Waals surface area contributed by atoms with Crippen LogP contribution in [0.3, 0.4) is 0 Å². The van der Waals surface area contributed by atoms with E-state index in [1.807, 2.05) is 39.8 Å². The van der Waals surface area contributed by atoms with Crippen LogP contribution in [-0.2, 0) is 0 Å². The zero-order valence-electron chi connectivity index (χ0n) is 7.68. The van der Waals surface area contributed by atoms with E-state index in [2.05, 4.69) is 0 Å². The minimum absolute atomic E-state index is 0.362. The van der Waals surface area contributed by atoms with Gasteiger partial charge in [0.05, 0.1) is 0 Å². The van der Waals surface area contributed by atoms with Crippen LogP contribution in [0.2, 0.25) is 0 Å². The SMILES string of the molecule is C\C=C/C(C)=C(C)/C(O)=C\C. The summed E-state index contributed by atoms with van der Waals surface area (Å²) in [7, 11) is 0. The van der Waals surface area contributed by atoms with Crippen molar-refractivity contribution in [3.8, 4) is 0 Å². The van der Waals surface area contributed by atoms with Crippen molar-refractivity contribution in [3.05, 3.63) is 35.1 Å². The fourth-order valence-electron chi connectivity index (χ4n) is 0.794. The predicted octanol–water partition coefficient (Wildman–Crippen LogP) is 3.36. The molecule has 1 heteroatoms. The third-order valence-corrected chi connectivity index (χ3v) is 1.67. The second kappa shape index (κ2) is 4.78. The maximum atomic E-state index is 9.29. The molecule has 1 N–H and O–H groups in total. The number of aliphatic hydroxyl groups excluding tert-OH is 1. The molecule has 0 saturated heterocycles. The van der Waals surface area contributed by atoms with E-state index in [1.165, 1.54) is 0 Å². The Balaban J connectivity index is 4.66. The lowest BCUT2D eigenvalue weighted by Crippen LogP contribution is -1.85. The second-order valence-corrected chi connectivity index (χ2v) is 2.48. The lowest BCUT2D eigenvalue weighted by atomic mass is 10.1. The van der Waals surface area contributed by atoms with Gasteiger partial charge in [0.25, 0.3) is 0 Å². The highest BCUT2D eigenvalue weighted by molar-refractivity contribution is 5.33. The number of hydrogen-bond acceptors (Lipinski definition) is 1. The number of hydrogen-bond donors (Lipinski definition) is 1. The normalized spacial score (nSPS) is 15.5. The summed E-state index contributed by atoms with van der Waals surface area (Å²) in [4.78, 5) is 0. The second-order valence-electron chi connectivity index (χ2n) is 2.48. The first-order valence-electron chi connectivity index (χ1n) is 3.79. The van der Waals surface area contributed by atoms with Crippen LogP contribution in [-0.4, -0.2) is 5.11 Å². The van der Waals surface area contributed by atoms with Gasteiger partial charge in [-0.3, -0.25) is 0 Å². The third-order valence-electron chi connectivity index (χ3n) is 1.67. The summed E-state index contributed by atoms with van der Waals surface area (Å²) in [6, 6.07) is 0. The fourth-order valence-corrected chi connectivity index (χ4v) is 0.794. The van der Waals surface area contributed by atoms with Crippen LogP contribution in [0.1, 0.15) is 27.7 Å². The molecule has 1 nitrogen and oxygen atoms in total. The highest BCUT2D eigenvalue weighted by atomic mass is 16.3. The molecule has 0 aromatic heterocycles. The van der Waals surface area contributed by atoms with Crippen molar-refractivity contribution in [3.63, 3.8) is 0 Å². The molecule has 0 fully saturated rings. The van der Waals surface area contributed by atoms with E-state index in [9.17, 15) is 5.11 Å². The van der Waals surface area contributed by atoms with Crippen molar-refractivity contribution in [1.82, 2.24) is 0 Å². The monoisotopic (exact) mass is 152 g/mol. The van der Waals surface area contributed by atoms with Crippen LogP contribution < -0.4 is 0 Å². The van der Waals surface area contributed by atoms with Gasteiger partial charge in [-0.25, -0.2) is 0 Å². The Morgan fingerprint density at radius 3 is 2.09 bits per heavy atom. The van der Waals surface area contributed by atoms with Crippen LogP contribution in [0.5, 0.6) is 0 Å². The maximum absolute atomic E-state index is 9.29. The lowest BCUT2D eigenvalue weighted by molar-refractivity contribution is 0.421. The first-order chi connectivity index (χ1) is 5.13. The largest absolute Gasteiger partial charge is 0.508 e. The van der Waals surface area contributed by atoms with Crippen molar-refractivity contribution in [2.24, 2.45) is 0 Å². The predicted molar refractivity (Wildman–Crippen MR) is 49.6 cm³/mol. The van der Waals surface area contributed by atoms with Gasteiger partial charge in [-0.2, -0.15) is 0 Å². The van der Waals surface area contributed by atoms with Gasteiger partial charge in [-0.15, -0.1) is 0 Å². The Hall–Kier alpha value is -0.980. The molecule has 0 heterocycles. The molecule has 0 amide bonds. The molecule has 0 aliphatic heterocycles. The molecule has 0 radical (unpaired) electrons. The number of allylic oxidation sites excluding steroid dienone is 5. The molecule has 0 aliphatic carbocycles. The van der Waals surface area contributed by atoms with Crippen LogP contribution in [0.25, 0.3) is 0 Å². The van der Waals surface area contributed by atoms with E-state index in [-0.39, 0.29) is 0 Å². The molecule has 0 unspecified atom stereocenters. The summed E-state index contributed by atoms with van der Waals surface area (Å²) >= 11 is 0. The van der Waals surface area contributed by atoms with Gasteiger partial charge in [0.1, 0.15) is 5.76 Å². The van der Waals surface area contributed by atoms with Crippen molar-refractivity contribution >= 4 is 0 Å². The lowest BCUT2D eigenvalue weighted by Gasteiger charge is -2.01. The van der Waals surface area contributed by atoms with Gasteiger partial charge in [0.15, 0.2) is 0 Å². The van der Waals surface area contributed by atoms with Crippen LogP contribution >= 0.6 is 0 Å². The van der Waals surface area contributed by atoms with E-state index in [0.29, 0.717) is 5.76 Å². The van der Waals surface area contributed by atoms with Crippen molar-refractivity contribution in [2.45, 2.75) is 27.7 Å². The van der Waals surface area contributed by atoms with E-state index >= 15 is 0 Å². The zero-order valence-corrected chi connectivity index (χ0v) is 7.68. The summed E-state index contributed by atoms with van der Waals surface area (Å²) in [6.45, 7) is 7.67. The molecule has 0 rings (SSSR count). The summed E-state index contributed by atoms with van der Waals surface area (Å²) in [5.41, 5.74) is 2.04. The molecule has 0 saturated carbocycles. The molecule has 0 atom stereocenters. The van der Waals surface area contributed by atoms with E-state index in [1.54, 1.807) is 6.08 Å². The highest BCUT2D eigenvalue weighted by Crippen LogP contribution is 2.11. The van der Waals surface area contributed by atoms with Crippen LogP contribution in [0.15, 0.2) is 35.1 Å². The van der Waals surface area contributed by atoms with Gasteiger partial charge < -0.3 is 5.11 Å². The molecule has 0 aromatic rings. The van der Waals surface area contributed by atoms with Gasteiger partial charge >= 0.3 is 0 Å². The molecule has 0 aliphatic rings. The average molecular weight is 152 g/mol. The first kappa shape index (κ1) is 10.0. The van der Waals surface area contributed by atoms with Crippen LogP contribution in [0.4, 0.5) is 0 Å². The zero-order chi connectivity index (χ0) is 8.85. The van der Waals surface area contributed by atoms with E-state index < -0.39 is 0 Å². The minimum atomic E-state index is 0.362. The Bertz CT molecular complexity index is 207. The number of rotatable bonds is 2. The third kappa shape index (κ3) is 3.08. The molecule has 0 bridgehead atoms. The standard InChI is InChI=1S/C10H16O/c1-5-7-8(3)9(4)10(11)6-2/h5-7,11H,1-4H3/b7-5-,9-8+,10-6+. The van der Waals surface area contributed by atoms with E-state index in [4.69, 9.17) is 0 Å². The van der Waals surface area contributed by atoms with Gasteiger partial charge in [-0.05, 0) is 44.9 Å². The minimum Gasteiger partial charge on any atom is -0.508 e. The average Bonchev–Trinajstić information content (AvgIpc) is 2.02. The molecular weight excluding hydrogens is 136 g/mol. The van der Waals surface area contributed by atoms with Crippen molar-refractivity contribution < 1.29 is 5.11 Å². The topological polar surface area (TPSA) is 20.2 Å². The summed E-state index contributed by atoms with van der Waals surface area (Å²) < 4.78 is 0. The van der Waals surface area contributed by atoms with E-state index in [0.717, 1.165) is 11.1 Å². The Labute approximate surface area is 68.7 Å². The Morgan fingerprint density at radius 1 is 1.18 bits per heavy atom. The van der Waals surface area contributed by atoms with Crippen molar-refractivity contribution in [1.29, 1.82) is 0 Å². The maximum Gasteiger partial charge on any atom is 0.114 e. The quantitative estimate of drug-likeness (QED) is 0.475. The molecular formula is C10H16O. The number of aliphatic hydroxyl groups is 1. The first-order valence-corrected chi connectivity index (χ1v) is 3.79. The van der Waals surface area contributed by atoms with Gasteiger partial charge in [0, 0.05) is 0 Å². The summed E-state index contributed by atoms with van der Waals surface area (Å²) in [5, 5.41) is 9.29. The molecule has 0 aromatic carbocycles. The summed E-state index contributed by atoms with van der Waals surface area (Å²) in [6.07, 6.45) is 5.64. The smallest absolute Gasteiger partial charge is 0.114 e. The molecule has 62 valence electrons. The summed E-state index contributed by atoms with van der Waals surface area (Å²) in [5.74, 6) is 0.362. The fraction of sp³-hybridized carbons (Fsp3) is 0.400. The van der Waals surface area contributed by atoms with Gasteiger partial charge in [-0.1, -0.05) is 12.2 Å². The Morgan fingerprint density at radius 2 is 1.73 bits per heavy atom. The molecule has 0 spiro atoms. The van der Waals surface area contributed by atoms with Gasteiger partial charge in [0.2, 0.25) is 0 Å². The highest BCUT2D eigenvalue weighted by Gasteiger charge is 1.96. The van der Waals surface area contributed by atoms with Crippen molar-refractivity contribution in [2.75, 3.05) is 0 Å². The van der Waals surface area contributed by atoms with Crippen LogP contribution in [0, 0.1) is 0 Å². The molecule has 11 heavy (non-hydrogen) atoms. The Kier molecular flexibility index (Phi) is 4.35.